The Kier molecular flexibility index (Phi) is 6.22. The number of carbonyl (C=O) groups is 1. The van der Waals surface area contributed by atoms with E-state index >= 15 is 0 Å². The van der Waals surface area contributed by atoms with Gasteiger partial charge in [0, 0.05) is 37.5 Å². The van der Waals surface area contributed by atoms with Crippen molar-refractivity contribution >= 4 is 15.9 Å². The average molecular weight is 392 g/mol. The van der Waals surface area contributed by atoms with Crippen LogP contribution >= 0.6 is 0 Å². The van der Waals surface area contributed by atoms with Crippen LogP contribution in [0.1, 0.15) is 25.2 Å². The fourth-order valence-electron chi connectivity index (χ4n) is 3.11. The summed E-state index contributed by atoms with van der Waals surface area (Å²) in [5, 5.41) is 6.89. The molecule has 2 aromatic rings. The highest BCUT2D eigenvalue weighted by molar-refractivity contribution is 7.88. The zero-order chi connectivity index (χ0) is 19.3. The van der Waals surface area contributed by atoms with E-state index < -0.39 is 10.0 Å². The van der Waals surface area contributed by atoms with Crippen LogP contribution in [-0.4, -0.2) is 54.7 Å². The van der Waals surface area contributed by atoms with Crippen molar-refractivity contribution < 1.29 is 17.7 Å². The molecule has 9 heteroatoms. The number of benzene rings is 1. The molecule has 0 bridgehead atoms. The van der Waals surface area contributed by atoms with Crippen LogP contribution in [0.15, 0.2) is 34.9 Å². The Morgan fingerprint density at radius 2 is 1.96 bits per heavy atom. The van der Waals surface area contributed by atoms with Crippen molar-refractivity contribution in [3.8, 4) is 11.4 Å². The van der Waals surface area contributed by atoms with Crippen LogP contribution in [0.5, 0.6) is 0 Å². The molecule has 1 fully saturated rings. The topological polar surface area (TPSA) is 105 Å². The first kappa shape index (κ1) is 19.5. The summed E-state index contributed by atoms with van der Waals surface area (Å²) >= 11 is 0. The number of rotatable bonds is 7. The Bertz CT molecular complexity index is 858. The molecule has 0 atom stereocenters. The number of hydrogen-bond donors (Lipinski definition) is 1. The lowest BCUT2D eigenvalue weighted by Crippen LogP contribution is -2.42. The smallest absolute Gasteiger partial charge is 0.227 e. The van der Waals surface area contributed by atoms with Crippen LogP contribution in [0.25, 0.3) is 11.4 Å². The number of aryl methyl sites for hydroxylation is 1. The first-order valence-electron chi connectivity index (χ1n) is 9.04. The van der Waals surface area contributed by atoms with Crippen LogP contribution in [0, 0.1) is 5.92 Å². The van der Waals surface area contributed by atoms with Gasteiger partial charge in [-0.1, -0.05) is 35.5 Å². The lowest BCUT2D eigenvalue weighted by molar-refractivity contribution is -0.126. The van der Waals surface area contributed by atoms with Gasteiger partial charge in [-0.2, -0.15) is 4.98 Å². The van der Waals surface area contributed by atoms with Crippen molar-refractivity contribution in [3.05, 3.63) is 36.2 Å². The molecule has 0 spiro atoms. The van der Waals surface area contributed by atoms with Gasteiger partial charge in [-0.3, -0.25) is 4.79 Å². The van der Waals surface area contributed by atoms with Crippen molar-refractivity contribution in [3.63, 3.8) is 0 Å². The second kappa shape index (κ2) is 8.62. The molecule has 1 aromatic carbocycles. The van der Waals surface area contributed by atoms with Crippen molar-refractivity contribution in [2.75, 3.05) is 25.9 Å². The third-order valence-electron chi connectivity index (χ3n) is 4.66. The van der Waals surface area contributed by atoms with E-state index in [1.807, 2.05) is 30.3 Å². The molecule has 27 heavy (non-hydrogen) atoms. The molecule has 0 aliphatic carbocycles. The first-order chi connectivity index (χ1) is 12.9. The molecule has 1 aliphatic rings. The predicted octanol–water partition coefficient (Wildman–Crippen LogP) is 1.46. The highest BCUT2D eigenvalue weighted by atomic mass is 32.2. The van der Waals surface area contributed by atoms with Gasteiger partial charge >= 0.3 is 0 Å². The molecule has 3 rings (SSSR count). The van der Waals surface area contributed by atoms with Gasteiger partial charge in [0.1, 0.15) is 0 Å². The Labute approximate surface area is 159 Å². The van der Waals surface area contributed by atoms with E-state index in [4.69, 9.17) is 4.52 Å². The second-order valence-corrected chi connectivity index (χ2v) is 8.69. The van der Waals surface area contributed by atoms with E-state index in [9.17, 15) is 13.2 Å². The first-order valence-corrected chi connectivity index (χ1v) is 10.9. The summed E-state index contributed by atoms with van der Waals surface area (Å²) in [5.74, 6) is 0.964. The average Bonchev–Trinajstić information content (AvgIpc) is 3.14. The number of aromatic nitrogens is 2. The van der Waals surface area contributed by atoms with Crippen molar-refractivity contribution in [2.24, 2.45) is 5.92 Å². The molecule has 0 saturated carbocycles. The van der Waals surface area contributed by atoms with Gasteiger partial charge in [0.05, 0.1) is 6.26 Å². The molecule has 0 unspecified atom stereocenters. The zero-order valence-corrected chi connectivity index (χ0v) is 16.1. The number of sulfonamides is 1. The minimum atomic E-state index is -3.17. The molecular weight excluding hydrogens is 368 g/mol. The minimum Gasteiger partial charge on any atom is -0.356 e. The van der Waals surface area contributed by atoms with Crippen LogP contribution < -0.4 is 5.32 Å². The SMILES string of the molecule is CS(=O)(=O)N1CCC(C(=O)NCCCc2nc(-c3ccccc3)no2)CC1. The standard InChI is InChI=1S/C18H24N4O4S/c1-27(24,25)22-12-9-15(10-13-22)18(23)19-11-5-8-16-20-17(21-26-16)14-6-3-2-4-7-14/h2-4,6-7,15H,5,8-13H2,1H3,(H,19,23). The van der Waals surface area contributed by atoms with E-state index in [1.165, 1.54) is 10.6 Å². The lowest BCUT2D eigenvalue weighted by Gasteiger charge is -2.29. The molecular formula is C18H24N4O4S. The third kappa shape index (κ3) is 5.36. The fraction of sp³-hybridized carbons (Fsp3) is 0.500. The lowest BCUT2D eigenvalue weighted by atomic mass is 9.97. The molecule has 1 N–H and O–H groups in total. The zero-order valence-electron chi connectivity index (χ0n) is 15.3. The second-order valence-electron chi connectivity index (χ2n) is 6.71. The molecule has 1 aliphatic heterocycles. The van der Waals surface area contributed by atoms with Crippen LogP contribution in [-0.2, 0) is 21.2 Å². The molecule has 146 valence electrons. The fourth-order valence-corrected chi connectivity index (χ4v) is 3.98. The van der Waals surface area contributed by atoms with E-state index in [2.05, 4.69) is 15.5 Å². The summed E-state index contributed by atoms with van der Waals surface area (Å²) in [6.07, 6.45) is 3.61. The Hall–Kier alpha value is -2.26. The van der Waals surface area contributed by atoms with E-state index in [0.29, 0.717) is 57.0 Å². The van der Waals surface area contributed by atoms with E-state index in [1.54, 1.807) is 0 Å². The van der Waals surface area contributed by atoms with Gasteiger partial charge in [0.25, 0.3) is 0 Å². The monoisotopic (exact) mass is 392 g/mol. The van der Waals surface area contributed by atoms with Crippen molar-refractivity contribution in [2.45, 2.75) is 25.7 Å². The highest BCUT2D eigenvalue weighted by Gasteiger charge is 2.28. The molecule has 1 saturated heterocycles. The third-order valence-corrected chi connectivity index (χ3v) is 5.96. The summed E-state index contributed by atoms with van der Waals surface area (Å²) in [6, 6.07) is 9.61. The molecule has 2 heterocycles. The van der Waals surface area contributed by atoms with Gasteiger partial charge in [0.2, 0.25) is 27.6 Å². The Morgan fingerprint density at radius 1 is 1.26 bits per heavy atom. The normalized spacial score (nSPS) is 16.3. The number of amides is 1. The van der Waals surface area contributed by atoms with Crippen molar-refractivity contribution in [1.82, 2.24) is 19.8 Å². The number of nitrogens with one attached hydrogen (secondary N) is 1. The van der Waals surface area contributed by atoms with Gasteiger partial charge < -0.3 is 9.84 Å². The number of piperidine rings is 1. The molecule has 8 nitrogen and oxygen atoms in total. The van der Waals surface area contributed by atoms with Gasteiger partial charge in [-0.15, -0.1) is 0 Å². The summed E-state index contributed by atoms with van der Waals surface area (Å²) in [6.45, 7) is 1.33. The molecule has 1 amide bonds. The molecule has 0 radical (unpaired) electrons. The maximum absolute atomic E-state index is 12.2. The summed E-state index contributed by atoms with van der Waals surface area (Å²) in [7, 11) is -3.17. The van der Waals surface area contributed by atoms with Crippen LogP contribution in [0.4, 0.5) is 0 Å². The summed E-state index contributed by atoms with van der Waals surface area (Å²) in [4.78, 5) is 16.6. The van der Waals surface area contributed by atoms with Gasteiger partial charge in [-0.05, 0) is 19.3 Å². The van der Waals surface area contributed by atoms with E-state index in [-0.39, 0.29) is 11.8 Å². The maximum Gasteiger partial charge on any atom is 0.227 e. The maximum atomic E-state index is 12.2. The number of nitrogens with zero attached hydrogens (tertiary/aromatic N) is 3. The summed E-state index contributed by atoms with van der Waals surface area (Å²) < 4.78 is 29.7. The summed E-state index contributed by atoms with van der Waals surface area (Å²) in [5.41, 5.74) is 0.904. The Morgan fingerprint density at radius 3 is 2.63 bits per heavy atom. The molecule has 1 aromatic heterocycles. The van der Waals surface area contributed by atoms with Crippen LogP contribution in [0.3, 0.4) is 0 Å². The minimum absolute atomic E-state index is 0.0151. The Balaban J connectivity index is 1.38. The largest absolute Gasteiger partial charge is 0.356 e. The quantitative estimate of drug-likeness (QED) is 0.715. The number of carbonyl (C=O) groups excluding carboxylic acids is 1. The van der Waals surface area contributed by atoms with Crippen LogP contribution in [0.2, 0.25) is 0 Å². The van der Waals surface area contributed by atoms with Crippen molar-refractivity contribution in [1.29, 1.82) is 0 Å². The number of hydrogen-bond acceptors (Lipinski definition) is 6. The predicted molar refractivity (Wildman–Crippen MR) is 100 cm³/mol. The van der Waals surface area contributed by atoms with E-state index in [0.717, 1.165) is 5.56 Å². The highest BCUT2D eigenvalue weighted by Crippen LogP contribution is 2.19. The van der Waals surface area contributed by atoms with Gasteiger partial charge in [0.15, 0.2) is 0 Å². The van der Waals surface area contributed by atoms with Gasteiger partial charge in [-0.25, -0.2) is 12.7 Å².